The van der Waals surface area contributed by atoms with E-state index in [1.807, 2.05) is 12.2 Å². The van der Waals surface area contributed by atoms with Crippen LogP contribution in [0.3, 0.4) is 0 Å². The first-order valence-electron chi connectivity index (χ1n) is 9.82. The van der Waals surface area contributed by atoms with Gasteiger partial charge in [-0.3, -0.25) is 0 Å². The van der Waals surface area contributed by atoms with Crippen LogP contribution < -0.4 is 0 Å². The Labute approximate surface area is 168 Å². The lowest BCUT2D eigenvalue weighted by Gasteiger charge is -2.42. The fourth-order valence-electron chi connectivity index (χ4n) is 3.94. The molecule has 1 aromatic carbocycles. The quantitative estimate of drug-likeness (QED) is 0.448. The highest BCUT2D eigenvalue weighted by Crippen LogP contribution is 2.46. The Morgan fingerprint density at radius 3 is 2.43 bits per heavy atom. The van der Waals surface area contributed by atoms with Crippen LogP contribution in [-0.2, 0) is 15.6 Å². The molecule has 0 atom stereocenters. The van der Waals surface area contributed by atoms with Gasteiger partial charge in [-0.15, -0.1) is 0 Å². The van der Waals surface area contributed by atoms with Gasteiger partial charge in [-0.2, -0.15) is 0 Å². The van der Waals surface area contributed by atoms with Crippen molar-refractivity contribution in [2.45, 2.75) is 58.3 Å². The standard InChI is InChI=1S/C25H30O3/c1-17(8-7-9-22-19(12-15-28-22)23(26)27-6)18-10-11-20-21(16-18)25(4,5)14-13-24(20,2)3/h7-12,15-16H,13-14H2,1-6H3. The summed E-state index contributed by atoms with van der Waals surface area (Å²) in [5.41, 5.74) is 6.17. The lowest BCUT2D eigenvalue weighted by Crippen LogP contribution is -2.33. The van der Waals surface area contributed by atoms with Crippen LogP contribution in [0.2, 0.25) is 0 Å². The summed E-state index contributed by atoms with van der Waals surface area (Å²) >= 11 is 0. The van der Waals surface area contributed by atoms with E-state index >= 15 is 0 Å². The Hall–Kier alpha value is -2.55. The van der Waals surface area contributed by atoms with Crippen LogP contribution >= 0.6 is 0 Å². The number of furan rings is 1. The highest BCUT2D eigenvalue weighted by Gasteiger charge is 2.36. The second-order valence-electron chi connectivity index (χ2n) is 8.93. The molecule has 0 unspecified atom stereocenters. The van der Waals surface area contributed by atoms with Gasteiger partial charge in [-0.25, -0.2) is 4.79 Å². The van der Waals surface area contributed by atoms with Crippen LogP contribution in [0.5, 0.6) is 0 Å². The van der Waals surface area contributed by atoms with Crippen molar-refractivity contribution in [1.82, 2.24) is 0 Å². The van der Waals surface area contributed by atoms with E-state index in [0.717, 1.165) is 0 Å². The zero-order valence-electron chi connectivity index (χ0n) is 17.8. The molecule has 1 aromatic heterocycles. The molecule has 0 saturated carbocycles. The van der Waals surface area contributed by atoms with E-state index in [4.69, 9.17) is 9.15 Å². The van der Waals surface area contributed by atoms with Crippen molar-refractivity contribution in [3.8, 4) is 0 Å². The molecule has 28 heavy (non-hydrogen) atoms. The Morgan fingerprint density at radius 2 is 1.75 bits per heavy atom. The number of hydrogen-bond donors (Lipinski definition) is 0. The summed E-state index contributed by atoms with van der Waals surface area (Å²) in [5, 5.41) is 0. The maximum absolute atomic E-state index is 11.7. The lowest BCUT2D eigenvalue weighted by molar-refractivity contribution is 0.0599. The largest absolute Gasteiger partial charge is 0.465 e. The minimum absolute atomic E-state index is 0.195. The third-order valence-electron chi connectivity index (χ3n) is 6.00. The third-order valence-corrected chi connectivity index (χ3v) is 6.00. The van der Waals surface area contributed by atoms with Crippen molar-refractivity contribution in [2.24, 2.45) is 0 Å². The van der Waals surface area contributed by atoms with E-state index in [-0.39, 0.29) is 10.8 Å². The predicted molar refractivity (Wildman–Crippen MR) is 114 cm³/mol. The van der Waals surface area contributed by atoms with Crippen molar-refractivity contribution in [3.63, 3.8) is 0 Å². The van der Waals surface area contributed by atoms with Crippen molar-refractivity contribution in [3.05, 3.63) is 70.7 Å². The van der Waals surface area contributed by atoms with Crippen molar-refractivity contribution < 1.29 is 13.9 Å². The van der Waals surface area contributed by atoms with Gasteiger partial charge in [0.25, 0.3) is 0 Å². The normalized spacial score (nSPS) is 18.1. The van der Waals surface area contributed by atoms with Gasteiger partial charge in [0.1, 0.15) is 11.3 Å². The zero-order valence-corrected chi connectivity index (χ0v) is 17.8. The predicted octanol–water partition coefficient (Wildman–Crippen LogP) is 6.53. The second-order valence-corrected chi connectivity index (χ2v) is 8.93. The lowest BCUT2D eigenvalue weighted by atomic mass is 9.63. The number of esters is 1. The van der Waals surface area contributed by atoms with Gasteiger partial charge in [-0.1, -0.05) is 58.0 Å². The SMILES string of the molecule is COC(=O)c1ccoc1C=CC=C(C)c1ccc2c(c1)C(C)(C)CCC2(C)C. The molecule has 3 rings (SSSR count). The number of fused-ring (bicyclic) bond motifs is 1. The summed E-state index contributed by atoms with van der Waals surface area (Å²) in [7, 11) is 1.37. The van der Waals surface area contributed by atoms with E-state index < -0.39 is 5.97 Å². The number of allylic oxidation sites excluding steroid dienone is 3. The average molecular weight is 379 g/mol. The van der Waals surface area contributed by atoms with Crippen molar-refractivity contribution in [2.75, 3.05) is 7.11 Å². The Bertz CT molecular complexity index is 938. The van der Waals surface area contributed by atoms with Gasteiger partial charge < -0.3 is 9.15 Å². The summed E-state index contributed by atoms with van der Waals surface area (Å²) in [6, 6.07) is 8.49. The molecule has 1 heterocycles. The number of carbonyl (C=O) groups excluding carboxylic acids is 1. The fourth-order valence-corrected chi connectivity index (χ4v) is 3.94. The van der Waals surface area contributed by atoms with Gasteiger partial charge in [0.05, 0.1) is 13.4 Å². The van der Waals surface area contributed by atoms with Crippen LogP contribution in [0.1, 0.15) is 80.3 Å². The van der Waals surface area contributed by atoms with E-state index in [9.17, 15) is 4.79 Å². The summed E-state index contributed by atoms with van der Waals surface area (Å²) in [6.07, 6.45) is 9.67. The summed E-state index contributed by atoms with van der Waals surface area (Å²) in [4.78, 5) is 11.7. The zero-order chi connectivity index (χ0) is 20.5. The fraction of sp³-hybridized carbons (Fsp3) is 0.400. The number of benzene rings is 1. The van der Waals surface area contributed by atoms with Crippen LogP contribution in [0, 0.1) is 0 Å². The summed E-state index contributed by atoms with van der Waals surface area (Å²) in [5.74, 6) is 0.109. The molecule has 2 aromatic rings. The molecule has 1 aliphatic carbocycles. The van der Waals surface area contributed by atoms with Gasteiger partial charge >= 0.3 is 5.97 Å². The molecule has 0 bridgehead atoms. The number of methoxy groups -OCH3 is 1. The Morgan fingerprint density at radius 1 is 1.07 bits per heavy atom. The second kappa shape index (κ2) is 7.46. The molecule has 0 radical (unpaired) electrons. The molecule has 0 spiro atoms. The smallest absolute Gasteiger partial charge is 0.341 e. The minimum Gasteiger partial charge on any atom is -0.465 e. The van der Waals surface area contributed by atoms with Gasteiger partial charge in [-0.05, 0) is 65.0 Å². The van der Waals surface area contributed by atoms with Crippen LogP contribution in [-0.4, -0.2) is 13.1 Å². The van der Waals surface area contributed by atoms with Crippen LogP contribution in [0.15, 0.2) is 47.1 Å². The highest BCUT2D eigenvalue weighted by molar-refractivity contribution is 5.92. The van der Waals surface area contributed by atoms with E-state index in [1.165, 1.54) is 48.5 Å². The molecular formula is C25H30O3. The first-order valence-corrected chi connectivity index (χ1v) is 9.82. The van der Waals surface area contributed by atoms with Crippen LogP contribution in [0.4, 0.5) is 0 Å². The Balaban J connectivity index is 1.88. The van der Waals surface area contributed by atoms with Gasteiger partial charge in [0, 0.05) is 0 Å². The molecule has 0 saturated heterocycles. The molecule has 3 heteroatoms. The third kappa shape index (κ3) is 3.84. The number of hydrogen-bond acceptors (Lipinski definition) is 3. The minimum atomic E-state index is -0.395. The first-order chi connectivity index (χ1) is 13.2. The monoisotopic (exact) mass is 378 g/mol. The number of rotatable bonds is 4. The molecular weight excluding hydrogens is 348 g/mol. The topological polar surface area (TPSA) is 39.4 Å². The molecule has 1 aliphatic rings. The highest BCUT2D eigenvalue weighted by atomic mass is 16.5. The molecule has 0 aliphatic heterocycles. The van der Waals surface area contributed by atoms with Gasteiger partial charge in [0.15, 0.2) is 0 Å². The Kier molecular flexibility index (Phi) is 5.38. The molecule has 3 nitrogen and oxygen atoms in total. The molecule has 0 N–H and O–H groups in total. The van der Waals surface area contributed by atoms with Crippen molar-refractivity contribution >= 4 is 17.6 Å². The van der Waals surface area contributed by atoms with E-state index in [2.05, 4.69) is 52.8 Å². The van der Waals surface area contributed by atoms with Gasteiger partial charge in [0.2, 0.25) is 0 Å². The molecule has 148 valence electrons. The van der Waals surface area contributed by atoms with E-state index in [1.54, 1.807) is 12.1 Å². The number of carbonyl (C=O) groups is 1. The maximum Gasteiger partial charge on any atom is 0.341 e. The number of ether oxygens (including phenoxy) is 1. The molecule has 0 amide bonds. The maximum atomic E-state index is 11.7. The van der Waals surface area contributed by atoms with Crippen LogP contribution in [0.25, 0.3) is 11.6 Å². The average Bonchev–Trinajstić information content (AvgIpc) is 3.13. The molecule has 0 fully saturated rings. The summed E-state index contributed by atoms with van der Waals surface area (Å²) < 4.78 is 10.2. The van der Waals surface area contributed by atoms with Crippen molar-refractivity contribution in [1.29, 1.82) is 0 Å². The summed E-state index contributed by atoms with van der Waals surface area (Å²) in [6.45, 7) is 11.5. The first kappa shape index (κ1) is 20.2. The van der Waals surface area contributed by atoms with E-state index in [0.29, 0.717) is 11.3 Å².